The van der Waals surface area contributed by atoms with Gasteiger partial charge in [-0.05, 0) is 24.6 Å². The average Bonchev–Trinajstić information content (AvgIpc) is 2.16. The third kappa shape index (κ3) is 3.11. The van der Waals surface area contributed by atoms with E-state index < -0.39 is 0 Å². The lowest BCUT2D eigenvalue weighted by atomic mass is 10.1. The summed E-state index contributed by atoms with van der Waals surface area (Å²) in [7, 11) is 0. The van der Waals surface area contributed by atoms with Gasteiger partial charge in [0.1, 0.15) is 5.75 Å². The lowest BCUT2D eigenvalue weighted by Gasteiger charge is -2.02. The molecule has 0 unspecified atom stereocenters. The molecule has 0 aliphatic rings. The maximum atomic E-state index is 9.28. The summed E-state index contributed by atoms with van der Waals surface area (Å²) in [6.45, 7) is 9.34. The fraction of sp³-hybridized carbons (Fsp3) is 0.273. The zero-order valence-corrected chi connectivity index (χ0v) is 9.02. The predicted octanol–water partition coefficient (Wildman–Crippen LogP) is 4.02. The van der Waals surface area contributed by atoms with Crippen LogP contribution in [-0.2, 0) is 0 Å². The first-order valence-electron chi connectivity index (χ1n) is 4.26. The molecule has 0 saturated carbocycles. The minimum absolute atomic E-state index is 0.215. The molecule has 13 heavy (non-hydrogen) atoms. The Kier molecular flexibility index (Phi) is 5.24. The van der Waals surface area contributed by atoms with Crippen molar-refractivity contribution in [3.63, 3.8) is 0 Å². The van der Waals surface area contributed by atoms with Gasteiger partial charge in [0.25, 0.3) is 0 Å². The first-order chi connectivity index (χ1) is 6.15. The van der Waals surface area contributed by atoms with E-state index in [-0.39, 0.29) is 5.75 Å². The SMILES string of the molecule is C=Cc1cc(O)c(C)c(Cl)c1.CC. The van der Waals surface area contributed by atoms with Gasteiger partial charge in [0.2, 0.25) is 0 Å². The van der Waals surface area contributed by atoms with Crippen LogP contribution in [0.15, 0.2) is 18.7 Å². The fourth-order valence-electron chi connectivity index (χ4n) is 0.803. The lowest BCUT2D eigenvalue weighted by molar-refractivity contribution is 0.471. The smallest absolute Gasteiger partial charge is 0.120 e. The third-order valence-corrected chi connectivity index (χ3v) is 1.97. The highest BCUT2D eigenvalue weighted by Crippen LogP contribution is 2.26. The number of hydrogen-bond acceptors (Lipinski definition) is 1. The van der Waals surface area contributed by atoms with Gasteiger partial charge in [0, 0.05) is 10.6 Å². The molecule has 0 aromatic heterocycles. The fourth-order valence-corrected chi connectivity index (χ4v) is 1.03. The van der Waals surface area contributed by atoms with E-state index in [1.807, 2.05) is 13.8 Å². The molecule has 0 aliphatic heterocycles. The van der Waals surface area contributed by atoms with Gasteiger partial charge in [-0.2, -0.15) is 0 Å². The first-order valence-corrected chi connectivity index (χ1v) is 4.64. The van der Waals surface area contributed by atoms with Crippen LogP contribution in [0, 0.1) is 6.92 Å². The molecule has 1 N–H and O–H groups in total. The Morgan fingerprint density at radius 3 is 2.31 bits per heavy atom. The maximum absolute atomic E-state index is 9.28. The van der Waals surface area contributed by atoms with Crippen molar-refractivity contribution in [2.75, 3.05) is 0 Å². The summed E-state index contributed by atoms with van der Waals surface area (Å²) >= 11 is 5.79. The molecule has 0 spiro atoms. The molecule has 0 atom stereocenters. The number of hydrogen-bond donors (Lipinski definition) is 1. The van der Waals surface area contributed by atoms with Gasteiger partial charge in [0.05, 0.1) is 0 Å². The summed E-state index contributed by atoms with van der Waals surface area (Å²) in [4.78, 5) is 0. The lowest BCUT2D eigenvalue weighted by Crippen LogP contribution is -1.79. The van der Waals surface area contributed by atoms with Gasteiger partial charge in [-0.25, -0.2) is 0 Å². The van der Waals surface area contributed by atoms with Crippen LogP contribution in [-0.4, -0.2) is 5.11 Å². The normalized spacial score (nSPS) is 8.62. The van der Waals surface area contributed by atoms with Crippen molar-refractivity contribution < 1.29 is 5.11 Å². The van der Waals surface area contributed by atoms with E-state index in [0.717, 1.165) is 5.56 Å². The topological polar surface area (TPSA) is 20.2 Å². The van der Waals surface area contributed by atoms with Crippen LogP contribution < -0.4 is 0 Å². The van der Waals surface area contributed by atoms with E-state index in [0.29, 0.717) is 10.6 Å². The number of rotatable bonds is 1. The predicted molar refractivity (Wildman–Crippen MR) is 59.3 cm³/mol. The second-order valence-electron chi connectivity index (χ2n) is 2.35. The molecule has 2 heteroatoms. The molecule has 0 bridgehead atoms. The molecular formula is C11H15ClO. The van der Waals surface area contributed by atoms with Crippen molar-refractivity contribution in [1.29, 1.82) is 0 Å². The average molecular weight is 199 g/mol. The molecule has 0 heterocycles. The number of benzene rings is 1. The van der Waals surface area contributed by atoms with Crippen LogP contribution >= 0.6 is 11.6 Å². The Bertz CT molecular complexity index is 269. The van der Waals surface area contributed by atoms with Crippen molar-refractivity contribution in [3.05, 3.63) is 34.9 Å². The van der Waals surface area contributed by atoms with Gasteiger partial charge in [-0.15, -0.1) is 0 Å². The Morgan fingerprint density at radius 1 is 1.38 bits per heavy atom. The molecule has 0 saturated heterocycles. The first kappa shape index (κ1) is 12.0. The van der Waals surface area contributed by atoms with E-state index in [1.165, 1.54) is 0 Å². The van der Waals surface area contributed by atoms with Crippen molar-refractivity contribution >= 4 is 17.7 Å². The highest BCUT2D eigenvalue weighted by molar-refractivity contribution is 6.31. The molecular weight excluding hydrogens is 184 g/mol. The van der Waals surface area contributed by atoms with Crippen molar-refractivity contribution in [1.82, 2.24) is 0 Å². The summed E-state index contributed by atoms with van der Waals surface area (Å²) in [5.41, 5.74) is 1.54. The van der Waals surface area contributed by atoms with Crippen LogP contribution in [0.25, 0.3) is 6.08 Å². The second kappa shape index (κ2) is 5.65. The summed E-state index contributed by atoms with van der Waals surface area (Å²) in [5.74, 6) is 0.215. The van der Waals surface area contributed by atoms with Crippen LogP contribution in [0.1, 0.15) is 25.0 Å². The Morgan fingerprint density at radius 2 is 1.92 bits per heavy atom. The van der Waals surface area contributed by atoms with E-state index in [1.54, 1.807) is 25.1 Å². The highest BCUT2D eigenvalue weighted by Gasteiger charge is 2.01. The Hall–Kier alpha value is -0.950. The quantitative estimate of drug-likeness (QED) is 0.723. The van der Waals surface area contributed by atoms with Crippen LogP contribution in [0.4, 0.5) is 0 Å². The molecule has 1 nitrogen and oxygen atoms in total. The van der Waals surface area contributed by atoms with Gasteiger partial charge in [-0.1, -0.05) is 38.1 Å². The molecule has 0 fully saturated rings. The van der Waals surface area contributed by atoms with Gasteiger partial charge < -0.3 is 5.11 Å². The van der Waals surface area contributed by atoms with Gasteiger partial charge in [-0.3, -0.25) is 0 Å². The number of halogens is 1. The summed E-state index contributed by atoms with van der Waals surface area (Å²) in [6, 6.07) is 3.40. The zero-order chi connectivity index (χ0) is 10.4. The molecule has 0 radical (unpaired) electrons. The number of phenolic OH excluding ortho intramolecular Hbond substituents is 1. The van der Waals surface area contributed by atoms with Crippen LogP contribution in [0.2, 0.25) is 5.02 Å². The summed E-state index contributed by atoms with van der Waals surface area (Å²) in [6.07, 6.45) is 1.64. The molecule has 0 aliphatic carbocycles. The van der Waals surface area contributed by atoms with Gasteiger partial charge >= 0.3 is 0 Å². The van der Waals surface area contributed by atoms with Crippen molar-refractivity contribution in [3.8, 4) is 5.75 Å². The zero-order valence-electron chi connectivity index (χ0n) is 8.26. The molecule has 72 valence electrons. The highest BCUT2D eigenvalue weighted by atomic mass is 35.5. The standard InChI is InChI=1S/C9H9ClO.C2H6/c1-3-7-4-8(10)6(2)9(11)5-7;1-2/h3-5,11H,1H2,2H3;1-2H3. The van der Waals surface area contributed by atoms with E-state index in [4.69, 9.17) is 11.6 Å². The monoisotopic (exact) mass is 198 g/mol. The molecule has 0 amide bonds. The Balaban J connectivity index is 0.000000671. The minimum Gasteiger partial charge on any atom is -0.508 e. The molecule has 1 aromatic carbocycles. The largest absolute Gasteiger partial charge is 0.508 e. The Labute approximate surface area is 84.7 Å². The van der Waals surface area contributed by atoms with Crippen LogP contribution in [0.3, 0.4) is 0 Å². The second-order valence-corrected chi connectivity index (χ2v) is 2.76. The number of phenols is 1. The van der Waals surface area contributed by atoms with E-state index in [2.05, 4.69) is 6.58 Å². The van der Waals surface area contributed by atoms with Crippen molar-refractivity contribution in [2.45, 2.75) is 20.8 Å². The van der Waals surface area contributed by atoms with E-state index in [9.17, 15) is 5.11 Å². The van der Waals surface area contributed by atoms with Crippen LogP contribution in [0.5, 0.6) is 5.75 Å². The summed E-state index contributed by atoms with van der Waals surface area (Å²) in [5, 5.41) is 9.85. The van der Waals surface area contributed by atoms with Gasteiger partial charge in [0.15, 0.2) is 0 Å². The molecule has 1 aromatic rings. The number of aromatic hydroxyl groups is 1. The third-order valence-electron chi connectivity index (χ3n) is 1.57. The molecule has 1 rings (SSSR count). The minimum atomic E-state index is 0.215. The summed E-state index contributed by atoms with van der Waals surface area (Å²) < 4.78 is 0. The maximum Gasteiger partial charge on any atom is 0.120 e. The van der Waals surface area contributed by atoms with E-state index >= 15 is 0 Å². The van der Waals surface area contributed by atoms with Crippen molar-refractivity contribution in [2.24, 2.45) is 0 Å².